The first kappa shape index (κ1) is 14.0. The summed E-state index contributed by atoms with van der Waals surface area (Å²) in [5.74, 6) is 0.577. The number of aromatic nitrogens is 1. The van der Waals surface area contributed by atoms with Crippen molar-refractivity contribution in [2.75, 3.05) is 13.2 Å². The molecule has 18 heavy (non-hydrogen) atoms. The molecule has 1 fully saturated rings. The molecule has 1 aromatic heterocycles. The average Bonchev–Trinajstić information content (AvgIpc) is 2.79. The molecule has 2 heterocycles. The lowest BCUT2D eigenvalue weighted by atomic mass is 9.93. The molecule has 0 spiro atoms. The summed E-state index contributed by atoms with van der Waals surface area (Å²) in [5.41, 5.74) is 0.915. The summed E-state index contributed by atoms with van der Waals surface area (Å²) in [4.78, 5) is 4.58. The Morgan fingerprint density at radius 3 is 2.67 bits per heavy atom. The number of nitrogens with zero attached hydrogens (tertiary/aromatic N) is 1. The van der Waals surface area contributed by atoms with Gasteiger partial charge in [-0.05, 0) is 25.2 Å². The number of ether oxygens (including phenoxy) is 1. The van der Waals surface area contributed by atoms with Crippen molar-refractivity contribution in [1.29, 1.82) is 0 Å². The molecular formula is C14H23NO2S. The highest BCUT2D eigenvalue weighted by molar-refractivity contribution is 7.09. The van der Waals surface area contributed by atoms with E-state index in [4.69, 9.17) is 4.74 Å². The molecule has 1 saturated heterocycles. The van der Waals surface area contributed by atoms with Gasteiger partial charge in [-0.3, -0.25) is 0 Å². The van der Waals surface area contributed by atoms with E-state index in [1.165, 1.54) is 0 Å². The van der Waals surface area contributed by atoms with Gasteiger partial charge in [-0.2, -0.15) is 0 Å². The highest BCUT2D eigenvalue weighted by atomic mass is 32.1. The summed E-state index contributed by atoms with van der Waals surface area (Å²) in [7, 11) is 0. The minimum absolute atomic E-state index is 0.0707. The van der Waals surface area contributed by atoms with Crippen LogP contribution in [0.15, 0.2) is 5.38 Å². The van der Waals surface area contributed by atoms with Crippen molar-refractivity contribution in [3.63, 3.8) is 0 Å². The zero-order valence-electron chi connectivity index (χ0n) is 11.5. The molecule has 4 heteroatoms. The molecule has 0 aromatic carbocycles. The van der Waals surface area contributed by atoms with E-state index in [0.717, 1.165) is 43.2 Å². The standard InChI is InChI=1S/C14H23NO2S/c1-14(2,3)13-15-11(9-18-13)12(16)8-10-4-6-17-7-5-10/h9-10,12,16H,4-8H2,1-3H3. The predicted molar refractivity (Wildman–Crippen MR) is 73.9 cm³/mol. The van der Waals surface area contributed by atoms with Crippen LogP contribution in [0.2, 0.25) is 0 Å². The summed E-state index contributed by atoms with van der Waals surface area (Å²) >= 11 is 1.65. The molecule has 1 aliphatic heterocycles. The highest BCUT2D eigenvalue weighted by Crippen LogP contribution is 2.31. The monoisotopic (exact) mass is 269 g/mol. The summed E-state index contributed by atoms with van der Waals surface area (Å²) in [5, 5.41) is 13.4. The second-order valence-electron chi connectivity index (χ2n) is 6.13. The number of aliphatic hydroxyl groups excluding tert-OH is 1. The molecule has 3 nitrogen and oxygen atoms in total. The first-order chi connectivity index (χ1) is 8.47. The summed E-state index contributed by atoms with van der Waals surface area (Å²) < 4.78 is 5.34. The Labute approximate surface area is 113 Å². The molecule has 0 amide bonds. The van der Waals surface area contributed by atoms with Crippen molar-refractivity contribution < 1.29 is 9.84 Å². The van der Waals surface area contributed by atoms with E-state index in [0.29, 0.717) is 5.92 Å². The first-order valence-electron chi connectivity index (χ1n) is 6.68. The lowest BCUT2D eigenvalue weighted by Crippen LogP contribution is -2.18. The Kier molecular flexibility index (Phi) is 4.41. The molecule has 1 unspecified atom stereocenters. The Bertz CT molecular complexity index is 377. The van der Waals surface area contributed by atoms with Crippen LogP contribution in [0.1, 0.15) is 56.8 Å². The minimum atomic E-state index is -0.416. The maximum atomic E-state index is 10.3. The SMILES string of the molecule is CC(C)(C)c1nc(C(O)CC2CCOCC2)cs1. The molecule has 102 valence electrons. The van der Waals surface area contributed by atoms with E-state index in [-0.39, 0.29) is 5.41 Å². The molecule has 0 radical (unpaired) electrons. The van der Waals surface area contributed by atoms with Gasteiger partial charge in [-0.15, -0.1) is 11.3 Å². The van der Waals surface area contributed by atoms with Gasteiger partial charge in [0, 0.05) is 24.0 Å². The number of rotatable bonds is 3. The molecule has 1 atom stereocenters. The third-order valence-corrected chi connectivity index (χ3v) is 4.69. The van der Waals surface area contributed by atoms with Crippen molar-refractivity contribution in [3.8, 4) is 0 Å². The Hall–Kier alpha value is -0.450. The van der Waals surface area contributed by atoms with Gasteiger partial charge in [0.1, 0.15) is 0 Å². The van der Waals surface area contributed by atoms with Gasteiger partial charge in [0.05, 0.1) is 16.8 Å². The van der Waals surface area contributed by atoms with Crippen LogP contribution in [-0.2, 0) is 10.2 Å². The quantitative estimate of drug-likeness (QED) is 0.915. The molecule has 1 aliphatic rings. The van der Waals surface area contributed by atoms with Crippen LogP contribution in [0.3, 0.4) is 0 Å². The third kappa shape index (κ3) is 3.53. The van der Waals surface area contributed by atoms with Gasteiger partial charge < -0.3 is 9.84 Å². The van der Waals surface area contributed by atoms with E-state index >= 15 is 0 Å². The van der Waals surface area contributed by atoms with Crippen molar-refractivity contribution in [2.24, 2.45) is 5.92 Å². The Balaban J connectivity index is 1.96. The van der Waals surface area contributed by atoms with Gasteiger partial charge in [0.25, 0.3) is 0 Å². The molecule has 0 saturated carbocycles. The van der Waals surface area contributed by atoms with E-state index in [1.807, 2.05) is 5.38 Å². The van der Waals surface area contributed by atoms with Crippen molar-refractivity contribution in [3.05, 3.63) is 16.1 Å². The zero-order valence-corrected chi connectivity index (χ0v) is 12.3. The van der Waals surface area contributed by atoms with E-state index in [1.54, 1.807) is 11.3 Å². The van der Waals surface area contributed by atoms with E-state index in [9.17, 15) is 5.11 Å². The molecule has 2 rings (SSSR count). The van der Waals surface area contributed by atoms with Crippen molar-refractivity contribution in [2.45, 2.75) is 51.6 Å². The van der Waals surface area contributed by atoms with Crippen LogP contribution in [0.25, 0.3) is 0 Å². The predicted octanol–water partition coefficient (Wildman–Crippen LogP) is 3.29. The second kappa shape index (κ2) is 5.68. The Morgan fingerprint density at radius 2 is 2.11 bits per heavy atom. The van der Waals surface area contributed by atoms with Gasteiger partial charge in [-0.25, -0.2) is 4.98 Å². The number of hydrogen-bond acceptors (Lipinski definition) is 4. The van der Waals surface area contributed by atoms with Gasteiger partial charge >= 0.3 is 0 Å². The fourth-order valence-electron chi connectivity index (χ4n) is 2.20. The van der Waals surface area contributed by atoms with Crippen LogP contribution < -0.4 is 0 Å². The van der Waals surface area contributed by atoms with Crippen LogP contribution in [0.4, 0.5) is 0 Å². The van der Waals surface area contributed by atoms with Crippen LogP contribution in [0, 0.1) is 5.92 Å². The number of aliphatic hydroxyl groups is 1. The zero-order chi connectivity index (χ0) is 13.2. The summed E-state index contributed by atoms with van der Waals surface area (Å²) in [6.45, 7) is 8.13. The molecule has 1 aromatic rings. The smallest absolute Gasteiger partial charge is 0.0983 e. The largest absolute Gasteiger partial charge is 0.387 e. The lowest BCUT2D eigenvalue weighted by Gasteiger charge is -2.23. The van der Waals surface area contributed by atoms with Gasteiger partial charge in [0.2, 0.25) is 0 Å². The average molecular weight is 269 g/mol. The highest BCUT2D eigenvalue weighted by Gasteiger charge is 2.23. The fourth-order valence-corrected chi connectivity index (χ4v) is 3.16. The maximum absolute atomic E-state index is 10.3. The normalized spacial score (nSPS) is 20.0. The summed E-state index contributed by atoms with van der Waals surface area (Å²) in [6.07, 6.45) is 2.53. The van der Waals surface area contributed by atoms with Crippen molar-refractivity contribution >= 4 is 11.3 Å². The molecule has 0 aliphatic carbocycles. The van der Waals surface area contributed by atoms with Gasteiger partial charge in [-0.1, -0.05) is 20.8 Å². The number of thiazole rings is 1. The molecule has 1 N–H and O–H groups in total. The van der Waals surface area contributed by atoms with E-state index in [2.05, 4.69) is 25.8 Å². The summed E-state index contributed by atoms with van der Waals surface area (Å²) in [6, 6.07) is 0. The Morgan fingerprint density at radius 1 is 1.44 bits per heavy atom. The second-order valence-corrected chi connectivity index (χ2v) is 6.99. The van der Waals surface area contributed by atoms with E-state index < -0.39 is 6.10 Å². The van der Waals surface area contributed by atoms with Crippen molar-refractivity contribution in [1.82, 2.24) is 4.98 Å². The fraction of sp³-hybridized carbons (Fsp3) is 0.786. The minimum Gasteiger partial charge on any atom is -0.387 e. The first-order valence-corrected chi connectivity index (χ1v) is 7.56. The topological polar surface area (TPSA) is 42.4 Å². The number of hydrogen-bond donors (Lipinski definition) is 1. The van der Waals surface area contributed by atoms with Crippen LogP contribution in [0.5, 0.6) is 0 Å². The van der Waals surface area contributed by atoms with Crippen LogP contribution in [-0.4, -0.2) is 23.3 Å². The molecule has 0 bridgehead atoms. The molecular weight excluding hydrogens is 246 g/mol. The van der Waals surface area contributed by atoms with Crippen LogP contribution >= 0.6 is 11.3 Å². The van der Waals surface area contributed by atoms with Gasteiger partial charge in [0.15, 0.2) is 0 Å². The lowest BCUT2D eigenvalue weighted by molar-refractivity contribution is 0.0427. The third-order valence-electron chi connectivity index (χ3n) is 3.40. The maximum Gasteiger partial charge on any atom is 0.0983 e.